The third-order valence-electron chi connectivity index (χ3n) is 4.19. The molecule has 1 aliphatic carbocycles. The zero-order valence-electron chi connectivity index (χ0n) is 11.4. The van der Waals surface area contributed by atoms with E-state index >= 15 is 0 Å². The van der Waals surface area contributed by atoms with Gasteiger partial charge in [-0.05, 0) is 18.9 Å². The third kappa shape index (κ3) is 2.07. The minimum atomic E-state index is -2.05. The number of aliphatic hydroxyl groups is 1. The molecule has 1 saturated carbocycles. The monoisotopic (exact) mass is 309 g/mol. The van der Waals surface area contributed by atoms with E-state index < -0.39 is 28.6 Å². The predicted molar refractivity (Wildman–Crippen MR) is 69.6 cm³/mol. The Balaban J connectivity index is 2.12. The van der Waals surface area contributed by atoms with Gasteiger partial charge in [0.05, 0.1) is 6.54 Å². The zero-order chi connectivity index (χ0) is 16.0. The van der Waals surface area contributed by atoms with Gasteiger partial charge in [-0.3, -0.25) is 4.79 Å². The minimum Gasteiger partial charge on any atom is -0.481 e. The zero-order valence-corrected chi connectivity index (χ0v) is 11.4. The first-order valence-corrected chi connectivity index (χ1v) is 6.63. The number of aliphatic carboxylic acids is 1. The predicted octanol–water partition coefficient (Wildman–Crippen LogP) is 1.31. The average Bonchev–Trinajstić information content (AvgIpc) is 3.13. The van der Waals surface area contributed by atoms with Crippen molar-refractivity contribution in [1.29, 1.82) is 0 Å². The van der Waals surface area contributed by atoms with Crippen LogP contribution in [0.2, 0.25) is 0 Å². The SMILES string of the molecule is O=C(O)C1(C(O)(Cn2cncn2)c2ccc(F)cc2F)CC1. The molecule has 22 heavy (non-hydrogen) atoms. The van der Waals surface area contributed by atoms with Crippen molar-refractivity contribution in [2.75, 3.05) is 0 Å². The van der Waals surface area contributed by atoms with Gasteiger partial charge in [0, 0.05) is 11.6 Å². The fourth-order valence-corrected chi connectivity index (χ4v) is 2.80. The van der Waals surface area contributed by atoms with Crippen molar-refractivity contribution in [1.82, 2.24) is 14.8 Å². The van der Waals surface area contributed by atoms with Crippen molar-refractivity contribution in [3.8, 4) is 0 Å². The summed E-state index contributed by atoms with van der Waals surface area (Å²) < 4.78 is 28.5. The van der Waals surface area contributed by atoms with Gasteiger partial charge in [-0.15, -0.1) is 0 Å². The second kappa shape index (κ2) is 4.84. The molecule has 0 bridgehead atoms. The lowest BCUT2D eigenvalue weighted by Crippen LogP contribution is -2.46. The summed E-state index contributed by atoms with van der Waals surface area (Å²) >= 11 is 0. The molecule has 1 fully saturated rings. The highest BCUT2D eigenvalue weighted by atomic mass is 19.1. The molecule has 1 unspecified atom stereocenters. The number of halogens is 2. The molecule has 1 atom stereocenters. The highest BCUT2D eigenvalue weighted by Crippen LogP contribution is 2.59. The molecular weight excluding hydrogens is 296 g/mol. The number of aromatic nitrogens is 3. The number of nitrogens with zero attached hydrogens (tertiary/aromatic N) is 3. The average molecular weight is 309 g/mol. The summed E-state index contributed by atoms with van der Waals surface area (Å²) in [6.07, 6.45) is 2.92. The summed E-state index contributed by atoms with van der Waals surface area (Å²) in [6.45, 7) is -0.290. The van der Waals surface area contributed by atoms with E-state index in [0.717, 1.165) is 12.1 Å². The highest BCUT2D eigenvalue weighted by Gasteiger charge is 2.66. The van der Waals surface area contributed by atoms with Gasteiger partial charge >= 0.3 is 5.97 Å². The normalized spacial score (nSPS) is 18.7. The molecular formula is C14H13F2N3O3. The van der Waals surface area contributed by atoms with E-state index in [1.807, 2.05) is 0 Å². The number of carboxylic acid groups (broad SMARTS) is 1. The van der Waals surface area contributed by atoms with E-state index in [4.69, 9.17) is 0 Å². The quantitative estimate of drug-likeness (QED) is 0.869. The van der Waals surface area contributed by atoms with Crippen LogP contribution in [-0.2, 0) is 16.9 Å². The molecule has 3 rings (SSSR count). The van der Waals surface area contributed by atoms with E-state index in [9.17, 15) is 23.8 Å². The molecule has 1 heterocycles. The molecule has 0 aliphatic heterocycles. The van der Waals surface area contributed by atoms with Crippen LogP contribution in [0.15, 0.2) is 30.9 Å². The Labute approximate surface area is 124 Å². The minimum absolute atomic E-state index is 0.199. The van der Waals surface area contributed by atoms with Crippen LogP contribution in [-0.4, -0.2) is 30.9 Å². The molecule has 8 heteroatoms. The summed E-state index contributed by atoms with van der Waals surface area (Å²) in [5, 5.41) is 24.4. The Morgan fingerprint density at radius 2 is 2.14 bits per heavy atom. The smallest absolute Gasteiger partial charge is 0.313 e. The highest BCUT2D eigenvalue weighted by molar-refractivity contribution is 5.80. The van der Waals surface area contributed by atoms with E-state index in [1.165, 1.54) is 17.3 Å². The molecule has 1 aromatic heterocycles. The molecule has 0 saturated heterocycles. The van der Waals surface area contributed by atoms with Crippen molar-refractivity contribution in [2.45, 2.75) is 25.0 Å². The van der Waals surface area contributed by atoms with Crippen LogP contribution in [0.5, 0.6) is 0 Å². The lowest BCUT2D eigenvalue weighted by molar-refractivity contribution is -0.159. The fourth-order valence-electron chi connectivity index (χ4n) is 2.80. The molecule has 1 aromatic carbocycles. The Morgan fingerprint density at radius 3 is 2.64 bits per heavy atom. The number of hydrogen-bond acceptors (Lipinski definition) is 4. The molecule has 0 spiro atoms. The van der Waals surface area contributed by atoms with Gasteiger partial charge in [-0.2, -0.15) is 5.10 Å². The van der Waals surface area contributed by atoms with Gasteiger partial charge in [0.2, 0.25) is 0 Å². The molecule has 1 aliphatic rings. The number of benzene rings is 1. The van der Waals surface area contributed by atoms with Crippen LogP contribution < -0.4 is 0 Å². The van der Waals surface area contributed by atoms with Crippen LogP contribution >= 0.6 is 0 Å². The van der Waals surface area contributed by atoms with Crippen LogP contribution in [0.1, 0.15) is 18.4 Å². The van der Waals surface area contributed by atoms with Crippen LogP contribution in [0, 0.1) is 17.0 Å². The Bertz CT molecular complexity index is 716. The lowest BCUT2D eigenvalue weighted by atomic mass is 9.78. The first kappa shape index (κ1) is 14.6. The first-order valence-electron chi connectivity index (χ1n) is 6.63. The van der Waals surface area contributed by atoms with Gasteiger partial charge in [0.25, 0.3) is 0 Å². The second-order valence-electron chi connectivity index (χ2n) is 5.46. The summed E-state index contributed by atoms with van der Waals surface area (Å²) in [6, 6.07) is 2.69. The third-order valence-corrected chi connectivity index (χ3v) is 4.19. The van der Waals surface area contributed by atoms with E-state index in [-0.39, 0.29) is 24.9 Å². The van der Waals surface area contributed by atoms with Crippen molar-refractivity contribution < 1.29 is 23.8 Å². The largest absolute Gasteiger partial charge is 0.481 e. The number of carbonyl (C=O) groups is 1. The maximum absolute atomic E-state index is 14.2. The number of rotatable bonds is 5. The Morgan fingerprint density at radius 1 is 1.41 bits per heavy atom. The first-order chi connectivity index (χ1) is 10.4. The van der Waals surface area contributed by atoms with Crippen molar-refractivity contribution >= 4 is 5.97 Å². The lowest BCUT2D eigenvalue weighted by Gasteiger charge is -2.34. The fraction of sp³-hybridized carbons (Fsp3) is 0.357. The van der Waals surface area contributed by atoms with Gasteiger partial charge in [0.15, 0.2) is 0 Å². The van der Waals surface area contributed by atoms with Crippen LogP contribution in [0.25, 0.3) is 0 Å². The Hall–Kier alpha value is -2.35. The maximum atomic E-state index is 14.2. The van der Waals surface area contributed by atoms with Gasteiger partial charge in [-0.1, -0.05) is 6.07 Å². The van der Waals surface area contributed by atoms with Crippen LogP contribution in [0.3, 0.4) is 0 Å². The summed E-state index contributed by atoms with van der Waals surface area (Å²) in [5.74, 6) is -3.02. The van der Waals surface area contributed by atoms with E-state index in [2.05, 4.69) is 10.1 Å². The van der Waals surface area contributed by atoms with Gasteiger partial charge in [-0.25, -0.2) is 18.4 Å². The maximum Gasteiger partial charge on any atom is 0.313 e. The van der Waals surface area contributed by atoms with Crippen LogP contribution in [0.4, 0.5) is 8.78 Å². The number of carboxylic acids is 1. The topological polar surface area (TPSA) is 88.2 Å². The van der Waals surface area contributed by atoms with E-state index in [1.54, 1.807) is 0 Å². The number of hydrogen-bond donors (Lipinski definition) is 2. The molecule has 2 N–H and O–H groups in total. The van der Waals surface area contributed by atoms with Crippen molar-refractivity contribution in [3.05, 3.63) is 48.1 Å². The van der Waals surface area contributed by atoms with Gasteiger partial charge < -0.3 is 10.2 Å². The summed E-state index contributed by atoms with van der Waals surface area (Å²) in [5.41, 5.74) is -3.83. The molecule has 0 radical (unpaired) electrons. The summed E-state index contributed by atoms with van der Waals surface area (Å²) in [7, 11) is 0. The molecule has 2 aromatic rings. The standard InChI is InChI=1S/C14H13F2N3O3/c15-9-1-2-10(11(16)5-9)14(22,6-19-8-17-7-18-19)13(3-4-13)12(20)21/h1-2,5,7-8,22H,3-4,6H2,(H,20,21). The van der Waals surface area contributed by atoms with E-state index in [0.29, 0.717) is 6.07 Å². The molecule has 116 valence electrons. The summed E-state index contributed by atoms with van der Waals surface area (Å²) in [4.78, 5) is 15.3. The second-order valence-corrected chi connectivity index (χ2v) is 5.46. The van der Waals surface area contributed by atoms with Crippen molar-refractivity contribution in [2.24, 2.45) is 5.41 Å². The van der Waals surface area contributed by atoms with Gasteiger partial charge in [0.1, 0.15) is 35.3 Å². The van der Waals surface area contributed by atoms with Crippen molar-refractivity contribution in [3.63, 3.8) is 0 Å². The molecule has 6 nitrogen and oxygen atoms in total. The molecule has 0 amide bonds. The Kier molecular flexibility index (Phi) is 3.21.